The van der Waals surface area contributed by atoms with E-state index >= 15 is 0 Å². The summed E-state index contributed by atoms with van der Waals surface area (Å²) in [6, 6.07) is 14.9. The highest BCUT2D eigenvalue weighted by Gasteiger charge is 2.31. The summed E-state index contributed by atoms with van der Waals surface area (Å²) in [4.78, 5) is 17.2. The van der Waals surface area contributed by atoms with Crippen molar-refractivity contribution in [3.05, 3.63) is 84.4 Å². The molecule has 2 N–H and O–H groups in total. The second kappa shape index (κ2) is 13.2. The van der Waals surface area contributed by atoms with Crippen LogP contribution < -0.4 is 19.5 Å². The van der Waals surface area contributed by atoms with E-state index in [0.717, 1.165) is 9.87 Å². The summed E-state index contributed by atoms with van der Waals surface area (Å²) in [7, 11) is -2.43. The predicted molar refractivity (Wildman–Crippen MR) is 151 cm³/mol. The molecule has 3 heterocycles. The Bertz CT molecular complexity index is 1520. The number of aliphatic hydroxyl groups excluding tert-OH is 1. The van der Waals surface area contributed by atoms with Crippen LogP contribution in [-0.4, -0.2) is 75.2 Å². The summed E-state index contributed by atoms with van der Waals surface area (Å²) in [5.74, 6) is 1.06. The topological polar surface area (TPSA) is 146 Å². The molecule has 1 aromatic heterocycles. The Kier molecular flexibility index (Phi) is 9.22. The van der Waals surface area contributed by atoms with Gasteiger partial charge in [0, 0.05) is 31.6 Å². The molecule has 0 aliphatic carbocycles. The molecule has 12 nitrogen and oxygen atoms in total. The van der Waals surface area contributed by atoms with E-state index in [1.807, 2.05) is 18.2 Å². The van der Waals surface area contributed by atoms with E-state index in [1.165, 1.54) is 25.4 Å². The van der Waals surface area contributed by atoms with Gasteiger partial charge in [-0.2, -0.15) is 4.31 Å². The van der Waals surface area contributed by atoms with Gasteiger partial charge in [0.2, 0.25) is 23.1 Å². The first-order valence-corrected chi connectivity index (χ1v) is 14.7. The maximum absolute atomic E-state index is 13.2. The molecular weight excluding hydrogens is 566 g/mol. The zero-order valence-corrected chi connectivity index (χ0v) is 23.7. The monoisotopic (exact) mass is 597 g/mol. The van der Waals surface area contributed by atoms with Crippen molar-refractivity contribution < 1.29 is 42.0 Å². The minimum atomic E-state index is -3.92. The van der Waals surface area contributed by atoms with Crippen molar-refractivity contribution in [2.75, 3.05) is 45.5 Å². The Balaban J connectivity index is 1.30. The minimum absolute atomic E-state index is 0.0502. The lowest BCUT2D eigenvalue weighted by Crippen LogP contribution is -2.37. The zero-order valence-electron chi connectivity index (χ0n) is 22.8. The molecule has 0 saturated carbocycles. The van der Waals surface area contributed by atoms with Crippen molar-refractivity contribution >= 4 is 21.6 Å². The summed E-state index contributed by atoms with van der Waals surface area (Å²) in [6.45, 7) is -0.461. The zero-order chi connectivity index (χ0) is 29.5. The highest BCUT2D eigenvalue weighted by atomic mass is 32.2. The molecule has 0 fully saturated rings. The van der Waals surface area contributed by atoms with Crippen molar-refractivity contribution in [2.24, 2.45) is 0 Å². The van der Waals surface area contributed by atoms with E-state index in [0.29, 0.717) is 29.4 Å². The number of carbonyl (C=O) groups excluding carboxylic acids is 1. The van der Waals surface area contributed by atoms with Crippen LogP contribution in [0.4, 0.5) is 5.69 Å². The van der Waals surface area contributed by atoms with Gasteiger partial charge in [0.05, 0.1) is 37.1 Å². The van der Waals surface area contributed by atoms with Crippen LogP contribution in [-0.2, 0) is 24.3 Å². The molecule has 5 rings (SSSR count). The molecule has 0 bridgehead atoms. The van der Waals surface area contributed by atoms with Gasteiger partial charge in [-0.25, -0.2) is 8.42 Å². The number of pyridine rings is 1. The number of hydrogen-bond donors (Lipinski definition) is 2. The highest BCUT2D eigenvalue weighted by molar-refractivity contribution is 7.89. The number of aromatic nitrogens is 1. The van der Waals surface area contributed by atoms with Gasteiger partial charge >= 0.3 is 0 Å². The number of carbonyl (C=O) groups is 1. The van der Waals surface area contributed by atoms with Gasteiger partial charge in [0.1, 0.15) is 5.75 Å². The van der Waals surface area contributed by atoms with E-state index in [-0.39, 0.29) is 49.7 Å². The Labute approximate surface area is 243 Å². The van der Waals surface area contributed by atoms with E-state index in [9.17, 15) is 18.3 Å². The number of rotatable bonds is 12. The fourth-order valence-corrected chi connectivity index (χ4v) is 5.99. The quantitative estimate of drug-likeness (QED) is 0.320. The molecule has 0 unspecified atom stereocenters. The van der Waals surface area contributed by atoms with E-state index < -0.39 is 22.2 Å². The molecule has 13 heteroatoms. The van der Waals surface area contributed by atoms with Crippen molar-refractivity contribution in [1.82, 2.24) is 9.29 Å². The number of methoxy groups -OCH3 is 1. The number of hydrogen-bond acceptors (Lipinski definition) is 10. The van der Waals surface area contributed by atoms with Crippen molar-refractivity contribution in [2.45, 2.75) is 23.5 Å². The number of nitrogens with zero attached hydrogens (tertiary/aromatic N) is 2. The molecule has 222 valence electrons. The average Bonchev–Trinajstić information content (AvgIpc) is 3.49. The minimum Gasteiger partial charge on any atom is -0.497 e. The summed E-state index contributed by atoms with van der Waals surface area (Å²) in [5, 5.41) is 12.3. The number of amides is 1. The molecule has 0 radical (unpaired) electrons. The standard InChI is InChI=1S/C29H31N3O9S/c1-37-23-5-7-24(8-6-23)42(35,36)32(11-13-33)12-14-38-28-17-21(20-4-9-25-26(15-20)40-19-39-25)16-27(41-28)29(34)31-22-3-2-10-30-18-22/h2-10,15-16,18,21,28,33H,11-14,17,19H2,1H3,(H,31,34)/t21-,28+/m1/s1. The van der Waals surface area contributed by atoms with Gasteiger partial charge in [0.15, 0.2) is 17.3 Å². The molecule has 42 heavy (non-hydrogen) atoms. The predicted octanol–water partition coefficient (Wildman–Crippen LogP) is 2.87. The van der Waals surface area contributed by atoms with Crippen molar-refractivity contribution in [1.29, 1.82) is 0 Å². The summed E-state index contributed by atoms with van der Waals surface area (Å²) >= 11 is 0. The Morgan fingerprint density at radius 2 is 1.93 bits per heavy atom. The van der Waals surface area contributed by atoms with Gasteiger partial charge < -0.3 is 34.1 Å². The van der Waals surface area contributed by atoms with Crippen LogP contribution >= 0.6 is 0 Å². The highest BCUT2D eigenvalue weighted by Crippen LogP contribution is 2.38. The van der Waals surface area contributed by atoms with E-state index in [1.54, 1.807) is 36.5 Å². The lowest BCUT2D eigenvalue weighted by Gasteiger charge is -2.30. The number of benzene rings is 2. The van der Waals surface area contributed by atoms with Crippen LogP contribution in [0.2, 0.25) is 0 Å². The smallest absolute Gasteiger partial charge is 0.290 e. The fourth-order valence-electron chi connectivity index (χ4n) is 4.57. The number of sulfonamides is 1. The summed E-state index contributed by atoms with van der Waals surface area (Å²) in [5.41, 5.74) is 1.37. The SMILES string of the molecule is COc1ccc(S(=O)(=O)N(CCO)CCO[C@@H]2C[C@H](c3ccc4c(c3)OCO4)C=C(C(=O)Nc3cccnc3)O2)cc1. The number of allylic oxidation sites excluding steroid dienone is 1. The first kappa shape index (κ1) is 29.3. The number of anilines is 1. The molecule has 2 aliphatic rings. The van der Waals surface area contributed by atoms with Gasteiger partial charge in [-0.3, -0.25) is 9.78 Å². The largest absolute Gasteiger partial charge is 0.497 e. The van der Waals surface area contributed by atoms with Crippen LogP contribution in [0.25, 0.3) is 0 Å². The fraction of sp³-hybridized carbons (Fsp3) is 0.310. The van der Waals surface area contributed by atoms with Crippen molar-refractivity contribution in [3.63, 3.8) is 0 Å². The Hall–Kier alpha value is -4.17. The normalized spacial score (nSPS) is 17.8. The van der Waals surface area contributed by atoms with Crippen molar-refractivity contribution in [3.8, 4) is 17.2 Å². The second-order valence-electron chi connectivity index (χ2n) is 9.40. The first-order chi connectivity index (χ1) is 20.4. The third-order valence-electron chi connectivity index (χ3n) is 6.72. The van der Waals surface area contributed by atoms with Gasteiger partial charge in [0.25, 0.3) is 5.91 Å². The summed E-state index contributed by atoms with van der Waals surface area (Å²) in [6.07, 6.45) is 4.33. The molecule has 1 amide bonds. The maximum atomic E-state index is 13.2. The number of fused-ring (bicyclic) bond motifs is 1. The second-order valence-corrected chi connectivity index (χ2v) is 11.3. The third kappa shape index (κ3) is 6.82. The third-order valence-corrected chi connectivity index (χ3v) is 8.63. The van der Waals surface area contributed by atoms with Gasteiger partial charge in [-0.1, -0.05) is 6.07 Å². The molecule has 2 atom stereocenters. The summed E-state index contributed by atoms with van der Waals surface area (Å²) < 4.78 is 55.6. The van der Waals surface area contributed by atoms with Crippen LogP contribution in [0.15, 0.2) is 83.7 Å². The van der Waals surface area contributed by atoms with Crippen LogP contribution in [0.1, 0.15) is 17.9 Å². The lowest BCUT2D eigenvalue weighted by molar-refractivity contribution is -0.143. The van der Waals surface area contributed by atoms with Crippen LogP contribution in [0.3, 0.4) is 0 Å². The average molecular weight is 598 g/mol. The van der Waals surface area contributed by atoms with E-state index in [2.05, 4.69) is 10.3 Å². The number of ether oxygens (including phenoxy) is 5. The first-order valence-electron chi connectivity index (χ1n) is 13.2. The van der Waals surface area contributed by atoms with Gasteiger partial charge in [-0.15, -0.1) is 0 Å². The van der Waals surface area contributed by atoms with Gasteiger partial charge in [-0.05, 0) is 60.2 Å². The molecular formula is C29H31N3O9S. The number of aliphatic hydroxyl groups is 1. The maximum Gasteiger partial charge on any atom is 0.290 e. The van der Waals surface area contributed by atoms with E-state index in [4.69, 9.17) is 23.7 Å². The molecule has 2 aliphatic heterocycles. The molecule has 0 saturated heterocycles. The van der Waals surface area contributed by atoms with Crippen LogP contribution in [0, 0.1) is 0 Å². The Morgan fingerprint density at radius 3 is 2.67 bits per heavy atom. The molecule has 3 aromatic rings. The lowest BCUT2D eigenvalue weighted by atomic mass is 9.92. The Morgan fingerprint density at radius 1 is 1.12 bits per heavy atom. The molecule has 2 aromatic carbocycles. The number of nitrogens with one attached hydrogen (secondary N) is 1. The molecule has 0 spiro atoms. The van der Waals surface area contributed by atoms with Crippen LogP contribution in [0.5, 0.6) is 17.2 Å².